The van der Waals surface area contributed by atoms with E-state index in [0.29, 0.717) is 18.9 Å². The maximum atomic E-state index is 5.72. The van der Waals surface area contributed by atoms with Crippen LogP contribution in [0.15, 0.2) is 18.2 Å². The fourth-order valence-corrected chi connectivity index (χ4v) is 2.44. The van der Waals surface area contributed by atoms with Crippen molar-refractivity contribution in [2.75, 3.05) is 27.0 Å². The van der Waals surface area contributed by atoms with E-state index in [1.54, 1.807) is 0 Å². The summed E-state index contributed by atoms with van der Waals surface area (Å²) in [5.74, 6) is 1.68. The molecule has 0 amide bonds. The summed E-state index contributed by atoms with van der Waals surface area (Å²) in [4.78, 5) is 2.33. The SMILES string of the molecule is CC1CN(C)C(c2ccc3c(c2)OCO3)CO1. The van der Waals surface area contributed by atoms with E-state index in [-0.39, 0.29) is 0 Å². The molecule has 1 aromatic carbocycles. The molecular weight excluding hydrogens is 218 g/mol. The molecule has 1 saturated heterocycles. The summed E-state index contributed by atoms with van der Waals surface area (Å²) in [6.45, 7) is 4.12. The summed E-state index contributed by atoms with van der Waals surface area (Å²) in [5, 5.41) is 0. The first-order valence-electron chi connectivity index (χ1n) is 5.95. The third kappa shape index (κ3) is 1.98. The highest BCUT2D eigenvalue weighted by Crippen LogP contribution is 2.36. The number of fused-ring (bicyclic) bond motifs is 1. The Labute approximate surface area is 101 Å². The number of nitrogens with zero attached hydrogens (tertiary/aromatic N) is 1. The Bertz CT molecular complexity index is 421. The smallest absolute Gasteiger partial charge is 0.231 e. The second-order valence-corrected chi connectivity index (χ2v) is 4.71. The molecule has 2 aliphatic heterocycles. The summed E-state index contributed by atoms with van der Waals surface area (Å²) >= 11 is 0. The van der Waals surface area contributed by atoms with Crippen LogP contribution in [0.4, 0.5) is 0 Å². The molecule has 4 nitrogen and oxygen atoms in total. The third-order valence-electron chi connectivity index (χ3n) is 3.40. The number of rotatable bonds is 1. The minimum Gasteiger partial charge on any atom is -0.454 e. The number of hydrogen-bond acceptors (Lipinski definition) is 4. The van der Waals surface area contributed by atoms with Gasteiger partial charge in [-0.15, -0.1) is 0 Å². The summed E-state index contributed by atoms with van der Waals surface area (Å²) in [5.41, 5.74) is 1.23. The molecule has 92 valence electrons. The van der Waals surface area contributed by atoms with Crippen molar-refractivity contribution in [1.29, 1.82) is 0 Å². The molecule has 1 aromatic rings. The normalized spacial score (nSPS) is 28.4. The van der Waals surface area contributed by atoms with Crippen LogP contribution in [0.2, 0.25) is 0 Å². The highest BCUT2D eigenvalue weighted by atomic mass is 16.7. The predicted octanol–water partition coefficient (Wildman–Crippen LogP) is 1.81. The van der Waals surface area contributed by atoms with E-state index in [2.05, 4.69) is 31.0 Å². The van der Waals surface area contributed by atoms with Gasteiger partial charge in [-0.05, 0) is 31.7 Å². The van der Waals surface area contributed by atoms with Crippen LogP contribution in [-0.2, 0) is 4.74 Å². The van der Waals surface area contributed by atoms with E-state index >= 15 is 0 Å². The minimum absolute atomic E-state index is 0.306. The van der Waals surface area contributed by atoms with Crippen LogP contribution in [-0.4, -0.2) is 38.0 Å². The van der Waals surface area contributed by atoms with E-state index < -0.39 is 0 Å². The zero-order valence-electron chi connectivity index (χ0n) is 10.2. The lowest BCUT2D eigenvalue weighted by Gasteiger charge is -2.36. The number of ether oxygens (including phenoxy) is 3. The molecule has 17 heavy (non-hydrogen) atoms. The van der Waals surface area contributed by atoms with Crippen molar-refractivity contribution >= 4 is 0 Å². The van der Waals surface area contributed by atoms with Gasteiger partial charge in [-0.2, -0.15) is 0 Å². The van der Waals surface area contributed by atoms with Crippen LogP contribution >= 0.6 is 0 Å². The molecule has 0 bridgehead atoms. The summed E-state index contributed by atoms with van der Waals surface area (Å²) in [7, 11) is 2.13. The van der Waals surface area contributed by atoms with Crippen molar-refractivity contribution in [3.05, 3.63) is 23.8 Å². The Morgan fingerprint density at radius 2 is 2.06 bits per heavy atom. The first kappa shape index (κ1) is 10.9. The van der Waals surface area contributed by atoms with E-state index in [0.717, 1.165) is 24.7 Å². The Kier molecular flexibility index (Phi) is 2.68. The molecule has 2 aliphatic rings. The van der Waals surface area contributed by atoms with Crippen LogP contribution in [0, 0.1) is 0 Å². The second kappa shape index (κ2) is 4.20. The Morgan fingerprint density at radius 1 is 1.24 bits per heavy atom. The summed E-state index contributed by atoms with van der Waals surface area (Å²) < 4.78 is 16.4. The molecule has 2 unspecified atom stereocenters. The first-order chi connectivity index (χ1) is 8.24. The van der Waals surface area contributed by atoms with Gasteiger partial charge in [-0.25, -0.2) is 0 Å². The van der Waals surface area contributed by atoms with Crippen molar-refractivity contribution in [1.82, 2.24) is 4.90 Å². The number of benzene rings is 1. The predicted molar refractivity (Wildman–Crippen MR) is 63.4 cm³/mol. The Morgan fingerprint density at radius 3 is 2.88 bits per heavy atom. The molecule has 0 aliphatic carbocycles. The van der Waals surface area contributed by atoms with Crippen LogP contribution < -0.4 is 9.47 Å². The average Bonchev–Trinajstić information content (AvgIpc) is 2.75. The van der Waals surface area contributed by atoms with Gasteiger partial charge < -0.3 is 14.2 Å². The topological polar surface area (TPSA) is 30.9 Å². The van der Waals surface area contributed by atoms with Gasteiger partial charge in [0.15, 0.2) is 11.5 Å². The monoisotopic (exact) mass is 235 g/mol. The molecule has 2 heterocycles. The van der Waals surface area contributed by atoms with Crippen molar-refractivity contribution in [2.24, 2.45) is 0 Å². The van der Waals surface area contributed by atoms with Crippen LogP contribution in [0.5, 0.6) is 11.5 Å². The van der Waals surface area contributed by atoms with Crippen LogP contribution in [0.1, 0.15) is 18.5 Å². The fraction of sp³-hybridized carbons (Fsp3) is 0.538. The Hall–Kier alpha value is -1.26. The maximum Gasteiger partial charge on any atom is 0.231 e. The Balaban J connectivity index is 1.84. The molecule has 4 heteroatoms. The molecule has 0 saturated carbocycles. The van der Waals surface area contributed by atoms with Crippen molar-refractivity contribution < 1.29 is 14.2 Å². The van der Waals surface area contributed by atoms with E-state index in [1.165, 1.54) is 5.56 Å². The summed E-state index contributed by atoms with van der Waals surface area (Å²) in [6.07, 6.45) is 0.310. The molecule has 0 radical (unpaired) electrons. The fourth-order valence-electron chi connectivity index (χ4n) is 2.44. The molecular formula is C13H17NO3. The van der Waals surface area contributed by atoms with Gasteiger partial charge in [-0.1, -0.05) is 6.07 Å². The molecule has 3 rings (SSSR count). The lowest BCUT2D eigenvalue weighted by Crippen LogP contribution is -2.41. The van der Waals surface area contributed by atoms with E-state index in [1.807, 2.05) is 6.07 Å². The van der Waals surface area contributed by atoms with Gasteiger partial charge in [-0.3, -0.25) is 4.90 Å². The van der Waals surface area contributed by atoms with Crippen LogP contribution in [0.3, 0.4) is 0 Å². The zero-order chi connectivity index (χ0) is 11.8. The minimum atomic E-state index is 0.306. The maximum absolute atomic E-state index is 5.72. The highest BCUT2D eigenvalue weighted by Gasteiger charge is 2.26. The average molecular weight is 235 g/mol. The molecule has 0 aromatic heterocycles. The van der Waals surface area contributed by atoms with Gasteiger partial charge in [0.2, 0.25) is 6.79 Å². The number of morpholine rings is 1. The molecule has 1 fully saturated rings. The molecule has 2 atom stereocenters. The lowest BCUT2D eigenvalue weighted by molar-refractivity contribution is -0.0456. The van der Waals surface area contributed by atoms with Gasteiger partial charge >= 0.3 is 0 Å². The van der Waals surface area contributed by atoms with Gasteiger partial charge in [0.05, 0.1) is 18.8 Å². The lowest BCUT2D eigenvalue weighted by atomic mass is 10.0. The van der Waals surface area contributed by atoms with Gasteiger partial charge in [0.1, 0.15) is 0 Å². The van der Waals surface area contributed by atoms with Crippen molar-refractivity contribution in [3.8, 4) is 11.5 Å². The molecule has 0 spiro atoms. The zero-order valence-corrected chi connectivity index (χ0v) is 10.2. The first-order valence-corrected chi connectivity index (χ1v) is 5.95. The summed E-state index contributed by atoms with van der Waals surface area (Å²) in [6, 6.07) is 6.43. The quantitative estimate of drug-likeness (QED) is 0.742. The van der Waals surface area contributed by atoms with E-state index in [4.69, 9.17) is 14.2 Å². The standard InChI is InChI=1S/C13H17NO3/c1-9-6-14(2)11(7-15-9)10-3-4-12-13(5-10)17-8-16-12/h3-5,9,11H,6-8H2,1-2H3. The highest BCUT2D eigenvalue weighted by molar-refractivity contribution is 5.45. The second-order valence-electron chi connectivity index (χ2n) is 4.71. The number of likely N-dealkylation sites (N-methyl/N-ethyl adjacent to an activating group) is 1. The van der Waals surface area contributed by atoms with Gasteiger partial charge in [0.25, 0.3) is 0 Å². The van der Waals surface area contributed by atoms with Crippen molar-refractivity contribution in [3.63, 3.8) is 0 Å². The van der Waals surface area contributed by atoms with Crippen molar-refractivity contribution in [2.45, 2.75) is 19.1 Å². The largest absolute Gasteiger partial charge is 0.454 e. The van der Waals surface area contributed by atoms with E-state index in [9.17, 15) is 0 Å². The molecule has 0 N–H and O–H groups in total. The number of hydrogen-bond donors (Lipinski definition) is 0. The van der Waals surface area contributed by atoms with Crippen LogP contribution in [0.25, 0.3) is 0 Å². The van der Waals surface area contributed by atoms with Gasteiger partial charge in [0, 0.05) is 6.54 Å². The third-order valence-corrected chi connectivity index (χ3v) is 3.40.